The number of nitrogens with zero attached hydrogens (tertiary/aromatic N) is 3. The van der Waals surface area contributed by atoms with Crippen LogP contribution in [0.15, 0.2) is 29.2 Å². The van der Waals surface area contributed by atoms with Gasteiger partial charge in [0.2, 0.25) is 0 Å². The van der Waals surface area contributed by atoms with E-state index in [9.17, 15) is 5.26 Å². The van der Waals surface area contributed by atoms with Gasteiger partial charge in [0.15, 0.2) is 5.82 Å². The summed E-state index contributed by atoms with van der Waals surface area (Å²) < 4.78 is 0. The Kier molecular flexibility index (Phi) is 4.03. The zero-order valence-electron chi connectivity index (χ0n) is 11.1. The summed E-state index contributed by atoms with van der Waals surface area (Å²) in [7, 11) is 0. The fraction of sp³-hybridized carbons (Fsp3) is 0.214. The number of hydrogen-bond acceptors (Lipinski definition) is 5. The highest BCUT2D eigenvalue weighted by atomic mass is 32.2. The molecule has 4 nitrogen and oxygen atoms in total. The van der Waals surface area contributed by atoms with Crippen LogP contribution in [0.25, 0.3) is 0 Å². The topological polar surface area (TPSA) is 61.6 Å². The van der Waals surface area contributed by atoms with Crippen molar-refractivity contribution < 1.29 is 0 Å². The molecule has 0 unspecified atom stereocenters. The average molecular weight is 270 g/mol. The predicted molar refractivity (Wildman–Crippen MR) is 77.7 cm³/mol. The monoisotopic (exact) mass is 270 g/mol. The normalized spacial score (nSPS) is 10.0. The molecule has 1 N–H and O–H groups in total. The van der Waals surface area contributed by atoms with Gasteiger partial charge >= 0.3 is 0 Å². The maximum Gasteiger partial charge on any atom is 0.171 e. The van der Waals surface area contributed by atoms with Crippen LogP contribution in [0.4, 0.5) is 11.5 Å². The van der Waals surface area contributed by atoms with Gasteiger partial charge in [0.05, 0.1) is 11.4 Å². The SMILES string of the molecule is CSc1ccccc1Nc1nnc(C)c(C)c1C#N. The first kappa shape index (κ1) is 13.4. The first-order chi connectivity index (χ1) is 9.17. The van der Waals surface area contributed by atoms with Crippen LogP contribution in [0.3, 0.4) is 0 Å². The lowest BCUT2D eigenvalue weighted by Gasteiger charge is -2.12. The van der Waals surface area contributed by atoms with Gasteiger partial charge in [-0.05, 0) is 37.8 Å². The van der Waals surface area contributed by atoms with Crippen molar-refractivity contribution in [3.63, 3.8) is 0 Å². The minimum absolute atomic E-state index is 0.507. The van der Waals surface area contributed by atoms with Crippen LogP contribution in [0.5, 0.6) is 0 Å². The van der Waals surface area contributed by atoms with E-state index in [0.717, 1.165) is 21.8 Å². The highest BCUT2D eigenvalue weighted by Crippen LogP contribution is 2.28. The van der Waals surface area contributed by atoms with Crippen LogP contribution >= 0.6 is 11.8 Å². The number of nitriles is 1. The molecule has 2 rings (SSSR count). The fourth-order valence-corrected chi connectivity index (χ4v) is 2.26. The van der Waals surface area contributed by atoms with E-state index >= 15 is 0 Å². The summed E-state index contributed by atoms with van der Waals surface area (Å²) >= 11 is 1.64. The van der Waals surface area contributed by atoms with Crippen molar-refractivity contribution >= 4 is 23.3 Å². The zero-order valence-corrected chi connectivity index (χ0v) is 11.9. The van der Waals surface area contributed by atoms with Gasteiger partial charge < -0.3 is 5.32 Å². The van der Waals surface area contributed by atoms with Crippen LogP contribution in [-0.4, -0.2) is 16.5 Å². The Morgan fingerprint density at radius 2 is 1.95 bits per heavy atom. The average Bonchev–Trinajstić information content (AvgIpc) is 2.44. The standard InChI is InChI=1S/C14H14N4S/c1-9-10(2)17-18-14(11(9)8-15)16-12-6-4-5-7-13(12)19-3/h4-7H,1-3H3,(H,16,18). The summed E-state index contributed by atoms with van der Waals surface area (Å²) in [4.78, 5) is 1.10. The van der Waals surface area contributed by atoms with Crippen LogP contribution in [-0.2, 0) is 0 Å². The molecule has 0 aliphatic rings. The lowest BCUT2D eigenvalue weighted by atomic mass is 10.1. The Labute approximate surface area is 116 Å². The molecule has 0 aliphatic heterocycles. The highest BCUT2D eigenvalue weighted by Gasteiger charge is 2.12. The highest BCUT2D eigenvalue weighted by molar-refractivity contribution is 7.98. The van der Waals surface area contributed by atoms with E-state index in [-0.39, 0.29) is 0 Å². The lowest BCUT2D eigenvalue weighted by Crippen LogP contribution is -2.04. The van der Waals surface area contributed by atoms with Crippen molar-refractivity contribution in [2.24, 2.45) is 0 Å². The van der Waals surface area contributed by atoms with Crippen molar-refractivity contribution in [2.75, 3.05) is 11.6 Å². The molecule has 0 saturated carbocycles. The molecule has 2 aromatic rings. The Bertz CT molecular complexity index is 646. The molecule has 1 aromatic heterocycles. The molecule has 0 atom stereocenters. The smallest absolute Gasteiger partial charge is 0.171 e. The molecule has 1 heterocycles. The van der Waals surface area contributed by atoms with Gasteiger partial charge in [0.25, 0.3) is 0 Å². The maximum atomic E-state index is 9.27. The van der Waals surface area contributed by atoms with E-state index in [1.54, 1.807) is 11.8 Å². The summed E-state index contributed by atoms with van der Waals surface area (Å²) in [5.41, 5.74) is 3.12. The third kappa shape index (κ3) is 2.69. The molecular formula is C14H14N4S. The van der Waals surface area contributed by atoms with Crippen molar-refractivity contribution in [1.82, 2.24) is 10.2 Å². The number of para-hydroxylation sites is 1. The van der Waals surface area contributed by atoms with E-state index < -0.39 is 0 Å². The number of nitrogens with one attached hydrogen (secondary N) is 1. The molecule has 1 aromatic carbocycles. The number of benzene rings is 1. The molecular weight excluding hydrogens is 256 g/mol. The Balaban J connectivity index is 2.45. The fourth-order valence-electron chi connectivity index (χ4n) is 1.71. The third-order valence-electron chi connectivity index (χ3n) is 2.93. The van der Waals surface area contributed by atoms with Crippen LogP contribution in [0, 0.1) is 25.2 Å². The van der Waals surface area contributed by atoms with E-state index in [0.29, 0.717) is 11.4 Å². The minimum atomic E-state index is 0.507. The van der Waals surface area contributed by atoms with Gasteiger partial charge in [-0.25, -0.2) is 0 Å². The van der Waals surface area contributed by atoms with E-state index in [2.05, 4.69) is 21.6 Å². The summed E-state index contributed by atoms with van der Waals surface area (Å²) in [6, 6.07) is 10.1. The number of aryl methyl sites for hydroxylation is 1. The predicted octanol–water partition coefficient (Wildman–Crippen LogP) is 3.43. The van der Waals surface area contributed by atoms with Crippen LogP contribution in [0.2, 0.25) is 0 Å². The quantitative estimate of drug-likeness (QED) is 0.866. The molecule has 5 heteroatoms. The van der Waals surface area contributed by atoms with E-state index in [1.165, 1.54) is 0 Å². The summed E-state index contributed by atoms with van der Waals surface area (Å²) in [5.74, 6) is 0.507. The number of thioether (sulfide) groups is 1. The first-order valence-electron chi connectivity index (χ1n) is 5.81. The zero-order chi connectivity index (χ0) is 13.8. The number of aromatic nitrogens is 2. The molecule has 96 valence electrons. The molecule has 0 amide bonds. The van der Waals surface area contributed by atoms with Gasteiger partial charge in [-0.2, -0.15) is 10.4 Å². The van der Waals surface area contributed by atoms with Gasteiger partial charge in [0, 0.05) is 4.90 Å². The van der Waals surface area contributed by atoms with Gasteiger partial charge in [-0.3, -0.25) is 0 Å². The van der Waals surface area contributed by atoms with Gasteiger partial charge in [0.1, 0.15) is 11.6 Å². The number of anilines is 2. The Morgan fingerprint density at radius 3 is 2.63 bits per heavy atom. The van der Waals surface area contributed by atoms with Gasteiger partial charge in [-0.1, -0.05) is 12.1 Å². The number of rotatable bonds is 3. The molecule has 0 saturated heterocycles. The molecule has 0 aliphatic carbocycles. The molecule has 0 bridgehead atoms. The second kappa shape index (κ2) is 5.72. The van der Waals surface area contributed by atoms with Crippen molar-refractivity contribution in [1.29, 1.82) is 5.26 Å². The van der Waals surface area contributed by atoms with E-state index in [1.807, 2.05) is 44.4 Å². The maximum absolute atomic E-state index is 9.27. The molecule has 0 fully saturated rings. The van der Waals surface area contributed by atoms with Crippen molar-refractivity contribution in [3.05, 3.63) is 41.1 Å². The van der Waals surface area contributed by atoms with Crippen LogP contribution in [0.1, 0.15) is 16.8 Å². The molecule has 0 radical (unpaired) electrons. The molecule has 0 spiro atoms. The Morgan fingerprint density at radius 1 is 1.21 bits per heavy atom. The minimum Gasteiger partial charge on any atom is -0.337 e. The lowest BCUT2D eigenvalue weighted by molar-refractivity contribution is 0.959. The van der Waals surface area contributed by atoms with E-state index in [4.69, 9.17) is 0 Å². The van der Waals surface area contributed by atoms with Crippen molar-refractivity contribution in [2.45, 2.75) is 18.7 Å². The second-order valence-electron chi connectivity index (χ2n) is 4.07. The van der Waals surface area contributed by atoms with Crippen molar-refractivity contribution in [3.8, 4) is 6.07 Å². The third-order valence-corrected chi connectivity index (χ3v) is 3.72. The van der Waals surface area contributed by atoms with Gasteiger partial charge in [-0.15, -0.1) is 16.9 Å². The number of hydrogen-bond donors (Lipinski definition) is 1. The first-order valence-corrected chi connectivity index (χ1v) is 7.04. The second-order valence-corrected chi connectivity index (χ2v) is 4.92. The summed E-state index contributed by atoms with van der Waals surface area (Å²) in [6.45, 7) is 3.73. The summed E-state index contributed by atoms with van der Waals surface area (Å²) in [5, 5.41) is 20.6. The molecule has 19 heavy (non-hydrogen) atoms. The summed E-state index contributed by atoms with van der Waals surface area (Å²) in [6.07, 6.45) is 2.01. The largest absolute Gasteiger partial charge is 0.337 e. The Hall–Kier alpha value is -2.06. The van der Waals surface area contributed by atoms with Crippen LogP contribution < -0.4 is 5.32 Å².